The van der Waals surface area contributed by atoms with Gasteiger partial charge in [-0.05, 0) is 49.9 Å². The van der Waals surface area contributed by atoms with Crippen LogP contribution < -0.4 is 0 Å². The van der Waals surface area contributed by atoms with Gasteiger partial charge in [0.05, 0.1) is 7.11 Å². The third-order valence-corrected chi connectivity index (χ3v) is 4.51. The summed E-state index contributed by atoms with van der Waals surface area (Å²) < 4.78 is 4.73. The van der Waals surface area contributed by atoms with Crippen molar-refractivity contribution in [1.29, 1.82) is 0 Å². The molecule has 0 saturated heterocycles. The molecule has 0 aromatic heterocycles. The van der Waals surface area contributed by atoms with Gasteiger partial charge in [-0.2, -0.15) is 0 Å². The Hall–Kier alpha value is -0.530. The lowest BCUT2D eigenvalue weighted by molar-refractivity contribution is -0.142. The van der Waals surface area contributed by atoms with Gasteiger partial charge >= 0.3 is 5.97 Å². The maximum Gasteiger partial charge on any atom is 0.305 e. The van der Waals surface area contributed by atoms with Crippen LogP contribution in [-0.2, 0) is 9.53 Å². The Balaban J connectivity index is 1.79. The topological polar surface area (TPSA) is 26.3 Å². The molecule has 0 heterocycles. The van der Waals surface area contributed by atoms with Crippen molar-refractivity contribution >= 4 is 5.97 Å². The van der Waals surface area contributed by atoms with Gasteiger partial charge in [-0.15, -0.1) is 0 Å². The van der Waals surface area contributed by atoms with Crippen LogP contribution in [0.2, 0.25) is 0 Å². The van der Waals surface area contributed by atoms with Gasteiger partial charge in [0, 0.05) is 6.42 Å². The molecule has 0 radical (unpaired) electrons. The Bertz CT molecular complexity index is 219. The summed E-state index contributed by atoms with van der Waals surface area (Å²) >= 11 is 0. The third kappa shape index (κ3) is 2.53. The molecule has 2 fully saturated rings. The lowest BCUT2D eigenvalue weighted by Gasteiger charge is -2.36. The van der Waals surface area contributed by atoms with Gasteiger partial charge in [0.25, 0.3) is 0 Å². The highest BCUT2D eigenvalue weighted by molar-refractivity contribution is 5.69. The van der Waals surface area contributed by atoms with Gasteiger partial charge < -0.3 is 4.74 Å². The molecule has 2 aliphatic rings. The van der Waals surface area contributed by atoms with E-state index in [9.17, 15) is 4.79 Å². The normalized spacial score (nSPS) is 25.7. The monoisotopic (exact) mass is 210 g/mol. The van der Waals surface area contributed by atoms with Crippen LogP contribution in [0.1, 0.15) is 57.8 Å². The van der Waals surface area contributed by atoms with Gasteiger partial charge in [0.1, 0.15) is 0 Å². The highest BCUT2D eigenvalue weighted by Gasteiger charge is 2.37. The minimum absolute atomic E-state index is 0.0256. The Morgan fingerprint density at radius 1 is 1.20 bits per heavy atom. The molecule has 0 unspecified atom stereocenters. The molecule has 2 saturated carbocycles. The van der Waals surface area contributed by atoms with Crippen molar-refractivity contribution in [3.63, 3.8) is 0 Å². The molecule has 2 heteroatoms. The second kappa shape index (κ2) is 4.54. The van der Waals surface area contributed by atoms with Crippen molar-refractivity contribution in [1.82, 2.24) is 0 Å². The minimum atomic E-state index is -0.0256. The molecule has 0 N–H and O–H groups in total. The Labute approximate surface area is 92.4 Å². The smallest absolute Gasteiger partial charge is 0.305 e. The molecule has 86 valence electrons. The van der Waals surface area contributed by atoms with E-state index in [1.54, 1.807) is 0 Å². The fourth-order valence-corrected chi connectivity index (χ4v) is 3.44. The first-order chi connectivity index (χ1) is 7.24. The molecule has 2 rings (SSSR count). The van der Waals surface area contributed by atoms with Gasteiger partial charge in [0.2, 0.25) is 0 Å². The van der Waals surface area contributed by atoms with E-state index in [0.29, 0.717) is 17.8 Å². The highest BCUT2D eigenvalue weighted by Crippen LogP contribution is 2.50. The first-order valence-corrected chi connectivity index (χ1v) is 6.31. The van der Waals surface area contributed by atoms with Crippen molar-refractivity contribution in [3.05, 3.63) is 0 Å². The SMILES string of the molecule is COC(=O)CC1CCC2(CCCC2)CC1. The maximum absolute atomic E-state index is 11.2. The van der Waals surface area contributed by atoms with Crippen LogP contribution in [0, 0.1) is 11.3 Å². The number of carbonyl (C=O) groups is 1. The van der Waals surface area contributed by atoms with E-state index in [-0.39, 0.29) is 5.97 Å². The predicted octanol–water partition coefficient (Wildman–Crippen LogP) is 3.30. The van der Waals surface area contributed by atoms with E-state index in [1.807, 2.05) is 0 Å². The summed E-state index contributed by atoms with van der Waals surface area (Å²) in [6.45, 7) is 0. The lowest BCUT2D eigenvalue weighted by atomic mass is 9.69. The summed E-state index contributed by atoms with van der Waals surface area (Å²) in [6, 6.07) is 0. The summed E-state index contributed by atoms with van der Waals surface area (Å²) in [4.78, 5) is 11.2. The van der Waals surface area contributed by atoms with Gasteiger partial charge in [0.15, 0.2) is 0 Å². The standard InChI is InChI=1S/C13H22O2/c1-15-12(14)10-11-4-8-13(9-5-11)6-2-3-7-13/h11H,2-10H2,1H3. The third-order valence-electron chi connectivity index (χ3n) is 4.51. The minimum Gasteiger partial charge on any atom is -0.469 e. The molecule has 0 bridgehead atoms. The highest BCUT2D eigenvalue weighted by atomic mass is 16.5. The molecule has 0 amide bonds. The number of rotatable bonds is 2. The van der Waals surface area contributed by atoms with E-state index < -0.39 is 0 Å². The number of methoxy groups -OCH3 is 1. The molecule has 0 aliphatic heterocycles. The predicted molar refractivity (Wildman–Crippen MR) is 59.5 cm³/mol. The van der Waals surface area contributed by atoms with Crippen LogP contribution >= 0.6 is 0 Å². The fourth-order valence-electron chi connectivity index (χ4n) is 3.44. The average Bonchev–Trinajstić information content (AvgIpc) is 2.70. The molecule has 2 aliphatic carbocycles. The van der Waals surface area contributed by atoms with E-state index in [1.165, 1.54) is 58.5 Å². The Morgan fingerprint density at radius 3 is 2.33 bits per heavy atom. The molecule has 0 atom stereocenters. The van der Waals surface area contributed by atoms with Crippen molar-refractivity contribution in [3.8, 4) is 0 Å². The summed E-state index contributed by atoms with van der Waals surface area (Å²) in [5.41, 5.74) is 0.687. The quantitative estimate of drug-likeness (QED) is 0.654. The molecule has 0 aromatic carbocycles. The van der Waals surface area contributed by atoms with Crippen molar-refractivity contribution < 1.29 is 9.53 Å². The number of carbonyl (C=O) groups excluding carboxylic acids is 1. The van der Waals surface area contributed by atoms with Crippen LogP contribution in [0.5, 0.6) is 0 Å². The van der Waals surface area contributed by atoms with Gasteiger partial charge in [-0.25, -0.2) is 0 Å². The van der Waals surface area contributed by atoms with E-state index in [4.69, 9.17) is 4.74 Å². The zero-order valence-electron chi connectivity index (χ0n) is 9.76. The maximum atomic E-state index is 11.2. The number of esters is 1. The Kier molecular flexibility index (Phi) is 3.32. The summed E-state index contributed by atoms with van der Waals surface area (Å²) in [7, 11) is 1.49. The van der Waals surface area contributed by atoms with Crippen LogP contribution in [0.15, 0.2) is 0 Å². The second-order valence-corrected chi connectivity index (χ2v) is 5.43. The summed E-state index contributed by atoms with van der Waals surface area (Å²) in [5.74, 6) is 0.575. The van der Waals surface area contributed by atoms with Gasteiger partial charge in [-0.3, -0.25) is 4.79 Å². The van der Waals surface area contributed by atoms with Crippen LogP contribution in [-0.4, -0.2) is 13.1 Å². The van der Waals surface area contributed by atoms with Crippen molar-refractivity contribution in [2.75, 3.05) is 7.11 Å². The lowest BCUT2D eigenvalue weighted by Crippen LogP contribution is -2.25. The zero-order valence-corrected chi connectivity index (χ0v) is 9.76. The molecular formula is C13H22O2. The molecular weight excluding hydrogens is 188 g/mol. The second-order valence-electron chi connectivity index (χ2n) is 5.43. The number of hydrogen-bond donors (Lipinski definition) is 0. The van der Waals surface area contributed by atoms with Gasteiger partial charge in [-0.1, -0.05) is 12.8 Å². The first kappa shape index (κ1) is 11.0. The fraction of sp³-hybridized carbons (Fsp3) is 0.923. The van der Waals surface area contributed by atoms with Crippen LogP contribution in [0.25, 0.3) is 0 Å². The summed E-state index contributed by atoms with van der Waals surface area (Å²) in [5, 5.41) is 0. The Morgan fingerprint density at radius 2 is 1.80 bits per heavy atom. The zero-order chi connectivity index (χ0) is 10.7. The molecule has 2 nitrogen and oxygen atoms in total. The van der Waals surface area contributed by atoms with Crippen LogP contribution in [0.4, 0.5) is 0 Å². The van der Waals surface area contributed by atoms with E-state index in [0.717, 1.165) is 0 Å². The summed E-state index contributed by atoms with van der Waals surface area (Å²) in [6.07, 6.45) is 11.6. The number of hydrogen-bond acceptors (Lipinski definition) is 2. The van der Waals surface area contributed by atoms with E-state index >= 15 is 0 Å². The molecule has 1 spiro atoms. The van der Waals surface area contributed by atoms with Crippen LogP contribution in [0.3, 0.4) is 0 Å². The first-order valence-electron chi connectivity index (χ1n) is 6.31. The molecule has 0 aromatic rings. The van der Waals surface area contributed by atoms with E-state index in [2.05, 4.69) is 0 Å². The van der Waals surface area contributed by atoms with Crippen molar-refractivity contribution in [2.24, 2.45) is 11.3 Å². The number of ether oxygens (including phenoxy) is 1. The van der Waals surface area contributed by atoms with Crippen molar-refractivity contribution in [2.45, 2.75) is 57.8 Å². The molecule has 15 heavy (non-hydrogen) atoms. The largest absolute Gasteiger partial charge is 0.469 e. The average molecular weight is 210 g/mol.